The van der Waals surface area contributed by atoms with Gasteiger partial charge in [-0.2, -0.15) is 5.10 Å². The summed E-state index contributed by atoms with van der Waals surface area (Å²) in [5, 5.41) is 10.1. The van der Waals surface area contributed by atoms with E-state index in [-0.39, 0.29) is 5.91 Å². The van der Waals surface area contributed by atoms with Crippen molar-refractivity contribution in [3.8, 4) is 0 Å². The summed E-state index contributed by atoms with van der Waals surface area (Å²) in [6, 6.07) is 8.36. The van der Waals surface area contributed by atoms with Gasteiger partial charge in [0.15, 0.2) is 0 Å². The maximum atomic E-state index is 10.9. The van der Waals surface area contributed by atoms with Crippen LogP contribution in [-0.4, -0.2) is 16.1 Å². The highest BCUT2D eigenvalue weighted by Gasteiger charge is 2.06. The van der Waals surface area contributed by atoms with Crippen molar-refractivity contribution in [2.75, 3.05) is 0 Å². The molecule has 0 atom stereocenters. The number of rotatable bonds is 5. The molecule has 0 aliphatic carbocycles. The molecule has 2 aromatic rings. The van der Waals surface area contributed by atoms with Crippen LogP contribution in [0, 0.1) is 13.8 Å². The predicted molar refractivity (Wildman–Crippen MR) is 79.4 cm³/mol. The van der Waals surface area contributed by atoms with E-state index in [4.69, 9.17) is 0 Å². The fourth-order valence-electron chi connectivity index (χ4n) is 2.33. The zero-order chi connectivity index (χ0) is 14.5. The first-order chi connectivity index (χ1) is 9.56. The number of aromatic amines is 1. The Balaban J connectivity index is 1.99. The molecular formula is C16H21N3O. The number of nitrogens with zero attached hydrogens (tertiary/aromatic N) is 1. The lowest BCUT2D eigenvalue weighted by Gasteiger charge is -2.06. The second-order valence-electron chi connectivity index (χ2n) is 5.14. The Kier molecular flexibility index (Phi) is 4.56. The van der Waals surface area contributed by atoms with Crippen LogP contribution >= 0.6 is 0 Å². The highest BCUT2D eigenvalue weighted by Crippen LogP contribution is 2.14. The first-order valence-electron chi connectivity index (χ1n) is 6.89. The normalized spacial score (nSPS) is 10.6. The van der Waals surface area contributed by atoms with Crippen LogP contribution in [0.25, 0.3) is 0 Å². The molecule has 0 aliphatic rings. The minimum atomic E-state index is 0.0000461. The predicted octanol–water partition coefficient (Wildman–Crippen LogP) is 2.45. The van der Waals surface area contributed by atoms with E-state index in [0.717, 1.165) is 29.8 Å². The van der Waals surface area contributed by atoms with Crippen molar-refractivity contribution in [2.24, 2.45) is 0 Å². The third-order valence-electron chi connectivity index (χ3n) is 3.48. The quantitative estimate of drug-likeness (QED) is 0.877. The molecule has 106 valence electrons. The van der Waals surface area contributed by atoms with Gasteiger partial charge in [-0.25, -0.2) is 0 Å². The number of carbonyl (C=O) groups excluding carboxylic acids is 1. The van der Waals surface area contributed by atoms with Crippen molar-refractivity contribution < 1.29 is 4.79 Å². The molecule has 0 radical (unpaired) electrons. The molecule has 0 saturated carbocycles. The number of aryl methyl sites for hydroxylation is 3. The molecule has 1 aromatic heterocycles. The summed E-state index contributed by atoms with van der Waals surface area (Å²) < 4.78 is 0. The zero-order valence-electron chi connectivity index (χ0n) is 12.3. The topological polar surface area (TPSA) is 57.8 Å². The van der Waals surface area contributed by atoms with Crippen molar-refractivity contribution in [1.29, 1.82) is 0 Å². The number of hydrogen-bond donors (Lipinski definition) is 2. The number of carbonyl (C=O) groups is 1. The second-order valence-corrected chi connectivity index (χ2v) is 5.14. The van der Waals surface area contributed by atoms with Crippen LogP contribution in [0.2, 0.25) is 0 Å². The Bertz CT molecular complexity index is 582. The second kappa shape index (κ2) is 6.37. The molecule has 0 fully saturated rings. The maximum Gasteiger partial charge on any atom is 0.217 e. The molecular weight excluding hydrogens is 250 g/mol. The van der Waals surface area contributed by atoms with Crippen molar-refractivity contribution in [1.82, 2.24) is 15.5 Å². The summed E-state index contributed by atoms with van der Waals surface area (Å²) in [4.78, 5) is 10.9. The van der Waals surface area contributed by atoms with Crippen LogP contribution < -0.4 is 5.32 Å². The Hall–Kier alpha value is -2.10. The van der Waals surface area contributed by atoms with E-state index in [9.17, 15) is 4.79 Å². The van der Waals surface area contributed by atoms with Gasteiger partial charge in [-0.3, -0.25) is 9.89 Å². The molecule has 0 unspecified atom stereocenters. The third-order valence-corrected chi connectivity index (χ3v) is 3.48. The first-order valence-corrected chi connectivity index (χ1v) is 6.89. The fourth-order valence-corrected chi connectivity index (χ4v) is 2.33. The number of H-pyrrole nitrogens is 1. The molecule has 20 heavy (non-hydrogen) atoms. The van der Waals surface area contributed by atoms with Crippen LogP contribution in [0.3, 0.4) is 0 Å². The fraction of sp³-hybridized carbons (Fsp3) is 0.375. The van der Waals surface area contributed by atoms with E-state index in [1.165, 1.54) is 18.1 Å². The van der Waals surface area contributed by atoms with Crippen LogP contribution in [0.1, 0.15) is 35.0 Å². The molecule has 4 nitrogen and oxygen atoms in total. The minimum Gasteiger partial charge on any atom is -0.352 e. The Labute approximate surface area is 119 Å². The molecule has 1 heterocycles. The van der Waals surface area contributed by atoms with E-state index in [2.05, 4.69) is 34.6 Å². The van der Waals surface area contributed by atoms with E-state index in [1.54, 1.807) is 0 Å². The monoisotopic (exact) mass is 271 g/mol. The van der Waals surface area contributed by atoms with Crippen LogP contribution in [0.4, 0.5) is 0 Å². The van der Waals surface area contributed by atoms with Gasteiger partial charge in [0.05, 0.1) is 5.69 Å². The van der Waals surface area contributed by atoms with Gasteiger partial charge in [-0.1, -0.05) is 24.3 Å². The molecule has 0 bridgehead atoms. The lowest BCUT2D eigenvalue weighted by atomic mass is 10.0. The number of benzene rings is 1. The molecule has 0 aliphatic heterocycles. The summed E-state index contributed by atoms with van der Waals surface area (Å²) in [6.07, 6.45) is 1.97. The molecule has 0 spiro atoms. The molecule has 2 N–H and O–H groups in total. The highest BCUT2D eigenvalue weighted by atomic mass is 16.1. The smallest absolute Gasteiger partial charge is 0.217 e. The van der Waals surface area contributed by atoms with Gasteiger partial charge in [-0.15, -0.1) is 0 Å². The van der Waals surface area contributed by atoms with Crippen molar-refractivity contribution in [2.45, 2.75) is 40.2 Å². The minimum absolute atomic E-state index is 0.0000461. The summed E-state index contributed by atoms with van der Waals surface area (Å²) in [7, 11) is 0. The summed E-state index contributed by atoms with van der Waals surface area (Å²) in [6.45, 7) is 6.22. The first kappa shape index (κ1) is 14.3. The summed E-state index contributed by atoms with van der Waals surface area (Å²) >= 11 is 0. The molecule has 1 aromatic carbocycles. The summed E-state index contributed by atoms with van der Waals surface area (Å²) in [5.41, 5.74) is 5.96. The van der Waals surface area contributed by atoms with Gasteiger partial charge in [0.1, 0.15) is 0 Å². The molecule has 2 rings (SSSR count). The van der Waals surface area contributed by atoms with Gasteiger partial charge in [-0.05, 0) is 43.4 Å². The number of aromatic nitrogens is 2. The van der Waals surface area contributed by atoms with Crippen molar-refractivity contribution >= 4 is 5.91 Å². The van der Waals surface area contributed by atoms with Crippen molar-refractivity contribution in [3.05, 3.63) is 52.3 Å². The number of amides is 1. The van der Waals surface area contributed by atoms with Gasteiger partial charge < -0.3 is 5.32 Å². The molecule has 4 heteroatoms. The van der Waals surface area contributed by atoms with E-state index < -0.39 is 0 Å². The largest absolute Gasteiger partial charge is 0.352 e. The lowest BCUT2D eigenvalue weighted by molar-refractivity contribution is -0.119. The van der Waals surface area contributed by atoms with Gasteiger partial charge in [0.25, 0.3) is 0 Å². The van der Waals surface area contributed by atoms with Gasteiger partial charge in [0.2, 0.25) is 5.91 Å². The average molecular weight is 271 g/mol. The number of nitrogens with one attached hydrogen (secondary N) is 2. The Morgan fingerprint density at radius 3 is 2.65 bits per heavy atom. The maximum absolute atomic E-state index is 10.9. The van der Waals surface area contributed by atoms with E-state index in [1.807, 2.05) is 19.1 Å². The van der Waals surface area contributed by atoms with E-state index in [0.29, 0.717) is 6.54 Å². The molecule has 0 saturated heterocycles. The molecule has 1 amide bonds. The van der Waals surface area contributed by atoms with Gasteiger partial charge in [0, 0.05) is 19.2 Å². The van der Waals surface area contributed by atoms with Crippen LogP contribution in [0.5, 0.6) is 0 Å². The number of hydrogen-bond acceptors (Lipinski definition) is 2. The third kappa shape index (κ3) is 3.70. The summed E-state index contributed by atoms with van der Waals surface area (Å²) in [5.74, 6) is 0.0000461. The lowest BCUT2D eigenvalue weighted by Crippen LogP contribution is -2.18. The SMILES string of the molecule is CC(=O)NCc1cccc(CCc2c(C)n[nH]c2C)c1. The Morgan fingerprint density at radius 2 is 2.00 bits per heavy atom. The van der Waals surface area contributed by atoms with E-state index >= 15 is 0 Å². The van der Waals surface area contributed by atoms with Crippen molar-refractivity contribution in [3.63, 3.8) is 0 Å². The zero-order valence-corrected chi connectivity index (χ0v) is 12.3. The highest BCUT2D eigenvalue weighted by molar-refractivity contribution is 5.72. The Morgan fingerprint density at radius 1 is 1.25 bits per heavy atom. The standard InChI is InChI=1S/C16H21N3O/c1-11-16(12(2)19-18-11)8-7-14-5-4-6-15(9-14)10-17-13(3)20/h4-6,9H,7-8,10H2,1-3H3,(H,17,20)(H,18,19). The van der Waals surface area contributed by atoms with Gasteiger partial charge >= 0.3 is 0 Å². The van der Waals surface area contributed by atoms with Crippen LogP contribution in [-0.2, 0) is 24.2 Å². The van der Waals surface area contributed by atoms with Crippen LogP contribution in [0.15, 0.2) is 24.3 Å². The average Bonchev–Trinajstić information content (AvgIpc) is 2.74.